The zero-order chi connectivity index (χ0) is 15.0. The number of benzene rings is 1. The van der Waals surface area contributed by atoms with Gasteiger partial charge in [0.05, 0.1) is 0 Å². The van der Waals surface area contributed by atoms with E-state index in [-0.39, 0.29) is 24.2 Å². The third kappa shape index (κ3) is 6.53. The average Bonchev–Trinajstić information content (AvgIpc) is 2.36. The van der Waals surface area contributed by atoms with Crippen molar-refractivity contribution in [2.75, 3.05) is 11.9 Å². The number of esters is 1. The van der Waals surface area contributed by atoms with Gasteiger partial charge in [-0.2, -0.15) is 0 Å². The number of amides is 2. The van der Waals surface area contributed by atoms with Gasteiger partial charge in [0.25, 0.3) is 0 Å². The van der Waals surface area contributed by atoms with Crippen LogP contribution in [-0.4, -0.2) is 24.3 Å². The third-order valence-corrected chi connectivity index (χ3v) is 2.34. The molecule has 0 aromatic heterocycles. The van der Waals surface area contributed by atoms with E-state index in [0.717, 1.165) is 0 Å². The molecule has 2 N–H and O–H groups in total. The molecule has 0 saturated heterocycles. The summed E-state index contributed by atoms with van der Waals surface area (Å²) in [5, 5.41) is 5.22. The highest BCUT2D eigenvalue weighted by Gasteiger charge is 2.05. The Balaban J connectivity index is 2.34. The Morgan fingerprint density at radius 1 is 1.05 bits per heavy atom. The minimum Gasteiger partial charge on any atom is -0.427 e. The highest BCUT2D eigenvalue weighted by Crippen LogP contribution is 2.16. The van der Waals surface area contributed by atoms with Crippen LogP contribution < -0.4 is 15.4 Å². The summed E-state index contributed by atoms with van der Waals surface area (Å²) in [6, 6.07) is 6.52. The van der Waals surface area contributed by atoms with Gasteiger partial charge in [0, 0.05) is 32.5 Å². The van der Waals surface area contributed by atoms with Gasteiger partial charge in [-0.1, -0.05) is 0 Å². The van der Waals surface area contributed by atoms with E-state index in [4.69, 9.17) is 4.74 Å². The molecule has 0 fully saturated rings. The Morgan fingerprint density at radius 2 is 1.70 bits per heavy atom. The lowest BCUT2D eigenvalue weighted by Gasteiger charge is -2.06. The second-order valence-corrected chi connectivity index (χ2v) is 4.27. The van der Waals surface area contributed by atoms with Crippen LogP contribution in [0.15, 0.2) is 24.3 Å². The monoisotopic (exact) mass is 278 g/mol. The van der Waals surface area contributed by atoms with E-state index in [1.54, 1.807) is 24.3 Å². The molecule has 0 aliphatic carbocycles. The van der Waals surface area contributed by atoms with Crippen LogP contribution in [0, 0.1) is 0 Å². The second kappa shape index (κ2) is 7.93. The minimum absolute atomic E-state index is 0.119. The molecule has 0 atom stereocenters. The molecule has 0 bridgehead atoms. The quantitative estimate of drug-likeness (QED) is 0.469. The van der Waals surface area contributed by atoms with E-state index in [9.17, 15) is 14.4 Å². The predicted octanol–water partition coefficient (Wildman–Crippen LogP) is 1.47. The molecule has 0 aliphatic rings. The number of anilines is 1. The lowest BCUT2D eigenvalue weighted by Crippen LogP contribution is -2.22. The van der Waals surface area contributed by atoms with Gasteiger partial charge in [-0.3, -0.25) is 14.4 Å². The highest BCUT2D eigenvalue weighted by atomic mass is 16.5. The number of ether oxygens (including phenoxy) is 1. The maximum absolute atomic E-state index is 11.5. The molecule has 0 unspecified atom stereocenters. The van der Waals surface area contributed by atoms with Gasteiger partial charge in [-0.25, -0.2) is 0 Å². The molecule has 2 amide bonds. The van der Waals surface area contributed by atoms with Crippen molar-refractivity contribution in [2.24, 2.45) is 0 Å². The molecule has 0 spiro atoms. The molecule has 1 aromatic carbocycles. The van der Waals surface area contributed by atoms with Crippen LogP contribution in [0.25, 0.3) is 0 Å². The molecule has 0 aliphatic heterocycles. The number of nitrogens with one attached hydrogen (secondary N) is 2. The van der Waals surface area contributed by atoms with Crippen molar-refractivity contribution in [3.63, 3.8) is 0 Å². The molecular weight excluding hydrogens is 260 g/mol. The predicted molar refractivity (Wildman–Crippen MR) is 74.3 cm³/mol. The molecule has 0 saturated carbocycles. The third-order valence-electron chi connectivity index (χ3n) is 2.34. The highest BCUT2D eigenvalue weighted by molar-refractivity contribution is 5.88. The Labute approximate surface area is 117 Å². The van der Waals surface area contributed by atoms with Gasteiger partial charge in [0.1, 0.15) is 5.75 Å². The van der Waals surface area contributed by atoms with E-state index < -0.39 is 0 Å². The first-order valence-corrected chi connectivity index (χ1v) is 6.30. The standard InChI is InChI=1S/C14H18N2O4/c1-10(17)15-9-3-4-14(19)20-13-7-5-12(6-8-13)16-11(2)18/h5-8H,3-4,9H2,1-2H3,(H,15,17)(H,16,18). The molecule has 0 radical (unpaired) electrons. The van der Waals surface area contributed by atoms with Crippen LogP contribution in [0.1, 0.15) is 26.7 Å². The summed E-state index contributed by atoms with van der Waals surface area (Å²) in [5.74, 6) is -0.217. The summed E-state index contributed by atoms with van der Waals surface area (Å²) in [6.45, 7) is 3.30. The molecule has 6 heteroatoms. The lowest BCUT2D eigenvalue weighted by atomic mass is 10.3. The summed E-state index contributed by atoms with van der Waals surface area (Å²) >= 11 is 0. The van der Waals surface area contributed by atoms with Crippen LogP contribution in [0.5, 0.6) is 5.75 Å². The Hall–Kier alpha value is -2.37. The van der Waals surface area contributed by atoms with Gasteiger partial charge < -0.3 is 15.4 Å². The average molecular weight is 278 g/mol. The topological polar surface area (TPSA) is 84.5 Å². The molecule has 20 heavy (non-hydrogen) atoms. The van der Waals surface area contributed by atoms with E-state index in [1.807, 2.05) is 0 Å². The van der Waals surface area contributed by atoms with Crippen LogP contribution in [0.2, 0.25) is 0 Å². The van der Waals surface area contributed by atoms with E-state index in [0.29, 0.717) is 24.4 Å². The van der Waals surface area contributed by atoms with Crippen molar-refractivity contribution in [1.82, 2.24) is 5.32 Å². The van der Waals surface area contributed by atoms with E-state index in [2.05, 4.69) is 10.6 Å². The Kier molecular flexibility index (Phi) is 6.22. The second-order valence-electron chi connectivity index (χ2n) is 4.27. The normalized spacial score (nSPS) is 9.70. The lowest BCUT2D eigenvalue weighted by molar-refractivity contribution is -0.134. The number of hydrogen-bond donors (Lipinski definition) is 2. The van der Waals surface area contributed by atoms with Gasteiger partial charge in [0.2, 0.25) is 11.8 Å². The summed E-state index contributed by atoms with van der Waals surface area (Å²) in [5.41, 5.74) is 0.642. The summed E-state index contributed by atoms with van der Waals surface area (Å²) < 4.78 is 5.12. The fourth-order valence-corrected chi connectivity index (χ4v) is 1.49. The summed E-state index contributed by atoms with van der Waals surface area (Å²) in [4.78, 5) is 33.0. The van der Waals surface area contributed by atoms with Gasteiger partial charge in [-0.15, -0.1) is 0 Å². The first-order chi connectivity index (χ1) is 9.47. The minimum atomic E-state index is -0.359. The maximum atomic E-state index is 11.5. The fourth-order valence-electron chi connectivity index (χ4n) is 1.49. The Bertz CT molecular complexity index is 482. The van der Waals surface area contributed by atoms with Gasteiger partial charge in [-0.05, 0) is 30.7 Å². The van der Waals surface area contributed by atoms with Crippen LogP contribution in [0.3, 0.4) is 0 Å². The maximum Gasteiger partial charge on any atom is 0.311 e. The zero-order valence-corrected chi connectivity index (χ0v) is 11.6. The molecule has 1 rings (SSSR count). The first-order valence-electron chi connectivity index (χ1n) is 6.30. The molecule has 6 nitrogen and oxygen atoms in total. The van der Waals surface area contributed by atoms with Crippen LogP contribution in [-0.2, 0) is 14.4 Å². The number of carbonyl (C=O) groups excluding carboxylic acids is 3. The van der Waals surface area contributed by atoms with Crippen molar-refractivity contribution >= 4 is 23.5 Å². The smallest absolute Gasteiger partial charge is 0.311 e. The largest absolute Gasteiger partial charge is 0.427 e. The zero-order valence-electron chi connectivity index (χ0n) is 11.6. The Morgan fingerprint density at radius 3 is 2.25 bits per heavy atom. The molecule has 0 heterocycles. The first kappa shape index (κ1) is 15.7. The summed E-state index contributed by atoms with van der Waals surface area (Å²) in [7, 11) is 0. The van der Waals surface area contributed by atoms with Crippen LogP contribution >= 0.6 is 0 Å². The number of hydrogen-bond acceptors (Lipinski definition) is 4. The fraction of sp³-hybridized carbons (Fsp3) is 0.357. The van der Waals surface area contributed by atoms with Crippen LogP contribution in [0.4, 0.5) is 5.69 Å². The summed E-state index contributed by atoms with van der Waals surface area (Å²) in [6.07, 6.45) is 0.760. The van der Waals surface area contributed by atoms with Crippen molar-refractivity contribution < 1.29 is 19.1 Å². The van der Waals surface area contributed by atoms with Crippen molar-refractivity contribution in [2.45, 2.75) is 26.7 Å². The number of carbonyl (C=O) groups is 3. The van der Waals surface area contributed by atoms with Crippen molar-refractivity contribution in [1.29, 1.82) is 0 Å². The van der Waals surface area contributed by atoms with E-state index in [1.165, 1.54) is 13.8 Å². The van der Waals surface area contributed by atoms with E-state index >= 15 is 0 Å². The van der Waals surface area contributed by atoms with Gasteiger partial charge in [0.15, 0.2) is 0 Å². The molecule has 108 valence electrons. The SMILES string of the molecule is CC(=O)NCCCC(=O)Oc1ccc(NC(C)=O)cc1. The number of rotatable bonds is 6. The van der Waals surface area contributed by atoms with Gasteiger partial charge >= 0.3 is 5.97 Å². The molecule has 1 aromatic rings. The van der Waals surface area contributed by atoms with Crippen molar-refractivity contribution in [3.05, 3.63) is 24.3 Å². The van der Waals surface area contributed by atoms with Crippen molar-refractivity contribution in [3.8, 4) is 5.75 Å². The molecular formula is C14H18N2O4.